The van der Waals surface area contributed by atoms with Crippen LogP contribution in [0.25, 0.3) is 10.2 Å². The monoisotopic (exact) mass is 510 g/mol. The number of hydrogen-bond donors (Lipinski definition) is 1. The summed E-state index contributed by atoms with van der Waals surface area (Å²) < 4.78 is 27.8. The lowest BCUT2D eigenvalue weighted by atomic mass is 10.2. The summed E-state index contributed by atoms with van der Waals surface area (Å²) in [7, 11) is -3.76. The summed E-state index contributed by atoms with van der Waals surface area (Å²) in [5.41, 5.74) is 1.29. The predicted octanol–water partition coefficient (Wildman–Crippen LogP) is 3.56. The highest BCUT2D eigenvalue weighted by molar-refractivity contribution is 7.89. The van der Waals surface area contributed by atoms with E-state index in [1.54, 1.807) is 18.2 Å². The molecule has 0 unspecified atom stereocenters. The molecule has 0 spiro atoms. The first-order valence-electron chi connectivity index (χ1n) is 10.6. The van der Waals surface area contributed by atoms with E-state index in [2.05, 4.69) is 23.5 Å². The number of thiazole rings is 1. The quantitative estimate of drug-likeness (QED) is 0.348. The summed E-state index contributed by atoms with van der Waals surface area (Å²) in [4.78, 5) is 42.1. The highest BCUT2D eigenvalue weighted by Crippen LogP contribution is 2.30. The molecule has 1 saturated heterocycles. The maximum Gasteiger partial charge on any atom is 0.257 e. The van der Waals surface area contributed by atoms with E-state index in [0.717, 1.165) is 16.2 Å². The van der Waals surface area contributed by atoms with Crippen LogP contribution in [0, 0.1) is 0 Å². The van der Waals surface area contributed by atoms with Gasteiger partial charge in [0, 0.05) is 31.5 Å². The second kappa shape index (κ2) is 9.90. The van der Waals surface area contributed by atoms with Crippen molar-refractivity contribution < 1.29 is 22.8 Å². The fraction of sp³-hybridized carbons (Fsp3) is 0.167. The molecule has 3 amide bonds. The Hall–Kier alpha value is -3.67. The number of rotatable bonds is 9. The van der Waals surface area contributed by atoms with Crippen LogP contribution in [0.2, 0.25) is 0 Å². The molecule has 4 rings (SSSR count). The first-order valence-corrected chi connectivity index (χ1v) is 12.9. The Labute approximate surface area is 206 Å². The number of sulfonamides is 1. The van der Waals surface area contributed by atoms with Crippen molar-refractivity contribution >= 4 is 60.1 Å². The van der Waals surface area contributed by atoms with Gasteiger partial charge in [0.1, 0.15) is 0 Å². The first kappa shape index (κ1) is 24.5. The van der Waals surface area contributed by atoms with Crippen LogP contribution < -0.4 is 10.2 Å². The third kappa shape index (κ3) is 4.92. The lowest BCUT2D eigenvalue weighted by molar-refractivity contribution is -0.121. The van der Waals surface area contributed by atoms with Crippen molar-refractivity contribution in [1.29, 1.82) is 0 Å². The van der Waals surface area contributed by atoms with E-state index < -0.39 is 15.9 Å². The van der Waals surface area contributed by atoms with E-state index in [-0.39, 0.29) is 42.6 Å². The van der Waals surface area contributed by atoms with E-state index >= 15 is 0 Å². The first-order chi connectivity index (χ1) is 16.7. The molecule has 3 aromatic rings. The van der Waals surface area contributed by atoms with Gasteiger partial charge in [-0.2, -0.15) is 4.31 Å². The molecule has 180 valence electrons. The van der Waals surface area contributed by atoms with Crippen molar-refractivity contribution in [2.75, 3.05) is 23.3 Å². The van der Waals surface area contributed by atoms with Crippen molar-refractivity contribution in [1.82, 2.24) is 9.29 Å². The number of nitrogens with one attached hydrogen (secondary N) is 1. The molecule has 0 aliphatic carbocycles. The summed E-state index contributed by atoms with van der Waals surface area (Å²) in [5.74, 6) is -0.953. The SMILES string of the molecule is C=CCN(CC=C)S(=O)(=O)c1ccc2nc(NC(=O)c3ccc(N4C(=O)CCC4=O)cc3)sc2c1. The number of carbonyl (C=O) groups excluding carboxylic acids is 3. The number of aromatic nitrogens is 1. The Morgan fingerprint density at radius 1 is 1.06 bits per heavy atom. The van der Waals surface area contributed by atoms with Gasteiger partial charge in [-0.3, -0.25) is 24.6 Å². The molecule has 0 atom stereocenters. The fourth-order valence-corrected chi connectivity index (χ4v) is 6.01. The normalized spacial score (nSPS) is 14.0. The number of hydrogen-bond acceptors (Lipinski definition) is 7. The Morgan fingerprint density at radius 2 is 1.69 bits per heavy atom. The van der Waals surface area contributed by atoms with Crippen LogP contribution in [0.5, 0.6) is 0 Å². The maximum atomic E-state index is 13.0. The number of anilines is 2. The number of fused-ring (bicyclic) bond motifs is 1. The summed E-state index contributed by atoms with van der Waals surface area (Å²) in [6.45, 7) is 7.51. The van der Waals surface area contributed by atoms with Crippen molar-refractivity contribution in [3.8, 4) is 0 Å². The zero-order valence-corrected chi connectivity index (χ0v) is 20.3. The molecular weight excluding hydrogens is 488 g/mol. The lowest BCUT2D eigenvalue weighted by Crippen LogP contribution is -2.31. The molecule has 9 nitrogen and oxygen atoms in total. The Bertz CT molecular complexity index is 1420. The molecule has 0 radical (unpaired) electrons. The zero-order chi connectivity index (χ0) is 25.2. The van der Waals surface area contributed by atoms with Gasteiger partial charge in [0.2, 0.25) is 21.8 Å². The van der Waals surface area contributed by atoms with Crippen molar-refractivity contribution in [2.45, 2.75) is 17.7 Å². The van der Waals surface area contributed by atoms with Crippen LogP contribution in [-0.4, -0.2) is 48.5 Å². The standard InChI is InChI=1S/C24H22N4O5S2/c1-3-13-27(14-4-2)35(32,33)18-9-10-19-20(15-18)34-24(25-19)26-23(31)16-5-7-17(8-6-16)28-21(29)11-12-22(28)30/h3-10,15H,1-2,11-14H2,(H,25,26,31). The summed E-state index contributed by atoms with van der Waals surface area (Å²) in [5, 5.41) is 3.02. The highest BCUT2D eigenvalue weighted by atomic mass is 32.2. The second-order valence-corrected chi connectivity index (χ2v) is 10.6. The molecule has 0 bridgehead atoms. The van der Waals surface area contributed by atoms with E-state index in [1.807, 2.05) is 0 Å². The number of nitrogens with zero attached hydrogens (tertiary/aromatic N) is 3. The van der Waals surface area contributed by atoms with Gasteiger partial charge in [-0.05, 0) is 42.5 Å². The van der Waals surface area contributed by atoms with Crippen LogP contribution in [0.4, 0.5) is 10.8 Å². The smallest absolute Gasteiger partial charge is 0.257 e. The van der Waals surface area contributed by atoms with E-state index in [9.17, 15) is 22.8 Å². The Morgan fingerprint density at radius 3 is 2.29 bits per heavy atom. The van der Waals surface area contributed by atoms with Gasteiger partial charge < -0.3 is 0 Å². The van der Waals surface area contributed by atoms with E-state index in [1.165, 1.54) is 40.7 Å². The number of carbonyl (C=O) groups is 3. The molecule has 1 aliphatic rings. The largest absolute Gasteiger partial charge is 0.298 e. The van der Waals surface area contributed by atoms with E-state index in [4.69, 9.17) is 0 Å². The van der Waals surface area contributed by atoms with Gasteiger partial charge in [-0.25, -0.2) is 13.4 Å². The summed E-state index contributed by atoms with van der Waals surface area (Å²) >= 11 is 1.15. The van der Waals surface area contributed by atoms with Crippen LogP contribution in [0.1, 0.15) is 23.2 Å². The highest BCUT2D eigenvalue weighted by Gasteiger charge is 2.30. The third-order valence-electron chi connectivity index (χ3n) is 5.32. The minimum absolute atomic E-state index is 0.108. The molecule has 1 aromatic heterocycles. The van der Waals surface area contributed by atoms with Gasteiger partial charge in [0.15, 0.2) is 5.13 Å². The van der Waals surface area contributed by atoms with Crippen molar-refractivity contribution in [3.05, 3.63) is 73.3 Å². The third-order valence-corrected chi connectivity index (χ3v) is 8.08. The van der Waals surface area contributed by atoms with Crippen LogP contribution >= 0.6 is 11.3 Å². The summed E-state index contributed by atoms with van der Waals surface area (Å²) in [6, 6.07) is 10.7. The molecule has 35 heavy (non-hydrogen) atoms. The fourth-order valence-electron chi connectivity index (χ4n) is 3.62. The molecule has 1 N–H and O–H groups in total. The molecule has 2 heterocycles. The molecular formula is C24H22N4O5S2. The summed E-state index contributed by atoms with van der Waals surface area (Å²) in [6.07, 6.45) is 3.38. The Balaban J connectivity index is 1.52. The van der Waals surface area contributed by atoms with Gasteiger partial charge in [-0.1, -0.05) is 23.5 Å². The van der Waals surface area contributed by atoms with Crippen molar-refractivity contribution in [3.63, 3.8) is 0 Å². The topological polar surface area (TPSA) is 117 Å². The number of benzene rings is 2. The zero-order valence-electron chi connectivity index (χ0n) is 18.6. The molecule has 11 heteroatoms. The van der Waals surface area contributed by atoms with Crippen molar-refractivity contribution in [2.24, 2.45) is 0 Å². The van der Waals surface area contributed by atoms with Crippen LogP contribution in [-0.2, 0) is 19.6 Å². The number of imide groups is 1. The van der Waals surface area contributed by atoms with Gasteiger partial charge >= 0.3 is 0 Å². The molecule has 1 aliphatic heterocycles. The van der Waals surface area contributed by atoms with E-state index in [0.29, 0.717) is 26.6 Å². The second-order valence-electron chi connectivity index (χ2n) is 7.67. The van der Waals surface area contributed by atoms with Gasteiger partial charge in [-0.15, -0.1) is 13.2 Å². The number of amides is 3. The van der Waals surface area contributed by atoms with Gasteiger partial charge in [0.25, 0.3) is 5.91 Å². The lowest BCUT2D eigenvalue weighted by Gasteiger charge is -2.18. The van der Waals surface area contributed by atoms with Gasteiger partial charge in [0.05, 0.1) is 20.8 Å². The molecule has 0 saturated carbocycles. The molecule has 1 fully saturated rings. The average Bonchev–Trinajstić information content (AvgIpc) is 3.39. The minimum atomic E-state index is -3.76. The molecule has 2 aromatic carbocycles. The van der Waals surface area contributed by atoms with Crippen LogP contribution in [0.3, 0.4) is 0 Å². The average molecular weight is 511 g/mol. The van der Waals surface area contributed by atoms with Crippen LogP contribution in [0.15, 0.2) is 72.7 Å². The predicted molar refractivity (Wildman–Crippen MR) is 135 cm³/mol. The minimum Gasteiger partial charge on any atom is -0.298 e. The maximum absolute atomic E-state index is 13.0. The Kier molecular flexibility index (Phi) is 6.92.